The Bertz CT molecular complexity index is 202. The number of hydrogen-bond acceptors (Lipinski definition) is 1. The SMILES string of the molecule is CCCCC[N+]12CCC(CC1)CC2OC.[Br-]. The number of rotatable bonds is 5. The molecule has 0 aromatic rings. The quantitative estimate of drug-likeness (QED) is 0.503. The molecular formula is C13H26BrNO. The zero-order chi connectivity index (χ0) is 10.7. The maximum absolute atomic E-state index is 5.73. The van der Waals surface area contributed by atoms with Gasteiger partial charge in [-0.15, -0.1) is 0 Å². The number of unbranched alkanes of at least 4 members (excludes halogenated alkanes) is 2. The minimum atomic E-state index is 0. The topological polar surface area (TPSA) is 9.23 Å². The molecule has 3 rings (SSSR count). The molecule has 3 saturated heterocycles. The van der Waals surface area contributed by atoms with Gasteiger partial charge in [-0.2, -0.15) is 0 Å². The van der Waals surface area contributed by atoms with E-state index in [0.717, 1.165) is 5.92 Å². The number of ether oxygens (including phenoxy) is 1. The molecular weight excluding hydrogens is 266 g/mol. The maximum atomic E-state index is 5.73. The van der Waals surface area contributed by atoms with Crippen LogP contribution in [0.5, 0.6) is 0 Å². The fourth-order valence-corrected chi connectivity index (χ4v) is 3.53. The molecule has 16 heavy (non-hydrogen) atoms. The van der Waals surface area contributed by atoms with Crippen LogP contribution in [0.1, 0.15) is 45.4 Å². The van der Waals surface area contributed by atoms with Crippen molar-refractivity contribution in [2.24, 2.45) is 5.92 Å². The fourth-order valence-electron chi connectivity index (χ4n) is 3.53. The normalized spacial score (nSPS) is 37.1. The van der Waals surface area contributed by atoms with E-state index < -0.39 is 0 Å². The van der Waals surface area contributed by atoms with Crippen LogP contribution in [-0.4, -0.2) is 37.5 Å². The van der Waals surface area contributed by atoms with Gasteiger partial charge in [-0.1, -0.05) is 13.3 Å². The van der Waals surface area contributed by atoms with Gasteiger partial charge in [0, 0.05) is 26.4 Å². The molecule has 0 aliphatic carbocycles. The van der Waals surface area contributed by atoms with E-state index >= 15 is 0 Å². The predicted octanol–water partition coefficient (Wildman–Crippen LogP) is -0.216. The molecule has 0 radical (unpaired) electrons. The summed E-state index contributed by atoms with van der Waals surface area (Å²) < 4.78 is 7.02. The number of piperidine rings is 3. The lowest BCUT2D eigenvalue weighted by Crippen LogP contribution is -3.00. The minimum Gasteiger partial charge on any atom is -1.00 e. The molecule has 2 nitrogen and oxygen atoms in total. The van der Waals surface area contributed by atoms with Crippen molar-refractivity contribution in [3.8, 4) is 0 Å². The highest BCUT2D eigenvalue weighted by Gasteiger charge is 2.47. The average Bonchev–Trinajstić information content (AvgIpc) is 2.30. The highest BCUT2D eigenvalue weighted by Crippen LogP contribution is 2.38. The molecule has 0 amide bonds. The van der Waals surface area contributed by atoms with Crippen molar-refractivity contribution in [1.82, 2.24) is 0 Å². The van der Waals surface area contributed by atoms with Gasteiger partial charge in [0.1, 0.15) is 0 Å². The number of hydrogen-bond donors (Lipinski definition) is 0. The van der Waals surface area contributed by atoms with Crippen molar-refractivity contribution in [2.45, 2.75) is 51.7 Å². The Morgan fingerprint density at radius 3 is 2.44 bits per heavy atom. The number of halogens is 1. The summed E-state index contributed by atoms with van der Waals surface area (Å²) in [6, 6.07) is 0. The first-order valence-electron chi connectivity index (χ1n) is 6.69. The lowest BCUT2D eigenvalue weighted by atomic mass is 9.84. The van der Waals surface area contributed by atoms with Crippen molar-refractivity contribution in [3.63, 3.8) is 0 Å². The Morgan fingerprint density at radius 1 is 1.19 bits per heavy atom. The van der Waals surface area contributed by atoms with Crippen LogP contribution < -0.4 is 17.0 Å². The average molecular weight is 292 g/mol. The van der Waals surface area contributed by atoms with Gasteiger partial charge in [-0.25, -0.2) is 0 Å². The predicted molar refractivity (Wildman–Crippen MR) is 62.5 cm³/mol. The third kappa shape index (κ3) is 2.80. The van der Waals surface area contributed by atoms with Crippen LogP contribution >= 0.6 is 0 Å². The van der Waals surface area contributed by atoms with E-state index in [1.807, 2.05) is 7.11 Å². The summed E-state index contributed by atoms with van der Waals surface area (Å²) in [6.07, 6.45) is 8.86. The van der Waals surface area contributed by atoms with Crippen LogP contribution in [0.4, 0.5) is 0 Å². The van der Waals surface area contributed by atoms with Crippen LogP contribution in [0.15, 0.2) is 0 Å². The summed E-state index contributed by atoms with van der Waals surface area (Å²) in [5, 5.41) is 0. The van der Waals surface area contributed by atoms with Gasteiger partial charge in [0.25, 0.3) is 0 Å². The smallest absolute Gasteiger partial charge is 0.193 e. The molecule has 0 aromatic heterocycles. The number of quaternary nitrogens is 1. The Kier molecular flexibility index (Phi) is 5.75. The molecule has 1 unspecified atom stereocenters. The Hall–Kier alpha value is 0.400. The van der Waals surface area contributed by atoms with Crippen molar-refractivity contribution < 1.29 is 26.2 Å². The van der Waals surface area contributed by atoms with Gasteiger partial charge < -0.3 is 21.7 Å². The summed E-state index contributed by atoms with van der Waals surface area (Å²) >= 11 is 0. The van der Waals surface area contributed by atoms with E-state index in [-0.39, 0.29) is 17.0 Å². The molecule has 0 aromatic carbocycles. The van der Waals surface area contributed by atoms with Crippen molar-refractivity contribution in [2.75, 3.05) is 26.7 Å². The summed E-state index contributed by atoms with van der Waals surface area (Å²) in [5.41, 5.74) is 0. The van der Waals surface area contributed by atoms with Crippen LogP contribution in [0.2, 0.25) is 0 Å². The molecule has 96 valence electrons. The molecule has 3 aliphatic heterocycles. The zero-order valence-electron chi connectivity index (χ0n) is 10.8. The fraction of sp³-hybridized carbons (Fsp3) is 1.00. The first-order chi connectivity index (χ1) is 7.30. The Morgan fingerprint density at radius 2 is 1.88 bits per heavy atom. The minimum absolute atomic E-state index is 0. The summed E-state index contributed by atoms with van der Waals surface area (Å²) in [7, 11) is 1.91. The van der Waals surface area contributed by atoms with Crippen LogP contribution in [0.3, 0.4) is 0 Å². The third-order valence-corrected chi connectivity index (χ3v) is 4.59. The van der Waals surface area contributed by atoms with Gasteiger partial charge in [0.15, 0.2) is 6.23 Å². The van der Waals surface area contributed by atoms with E-state index in [4.69, 9.17) is 4.74 Å². The monoisotopic (exact) mass is 291 g/mol. The lowest BCUT2D eigenvalue weighted by molar-refractivity contribution is -0.986. The summed E-state index contributed by atoms with van der Waals surface area (Å²) in [5.74, 6) is 0.973. The Labute approximate surface area is 111 Å². The molecule has 0 saturated carbocycles. The van der Waals surface area contributed by atoms with Crippen LogP contribution in [0, 0.1) is 5.92 Å². The second-order valence-corrected chi connectivity index (χ2v) is 5.47. The number of methoxy groups -OCH3 is 1. The van der Waals surface area contributed by atoms with Crippen LogP contribution in [-0.2, 0) is 4.74 Å². The van der Waals surface area contributed by atoms with Crippen molar-refractivity contribution in [1.29, 1.82) is 0 Å². The molecule has 0 N–H and O–H groups in total. The van der Waals surface area contributed by atoms with Crippen molar-refractivity contribution >= 4 is 0 Å². The highest BCUT2D eigenvalue weighted by molar-refractivity contribution is 4.75. The van der Waals surface area contributed by atoms with E-state index in [0.29, 0.717) is 6.23 Å². The molecule has 2 bridgehead atoms. The van der Waals surface area contributed by atoms with E-state index in [9.17, 15) is 0 Å². The second kappa shape index (κ2) is 6.36. The third-order valence-electron chi connectivity index (χ3n) is 4.59. The van der Waals surface area contributed by atoms with E-state index in [1.165, 1.54) is 62.6 Å². The maximum Gasteiger partial charge on any atom is 0.193 e. The lowest BCUT2D eigenvalue weighted by Gasteiger charge is -2.53. The molecule has 3 heterocycles. The highest BCUT2D eigenvalue weighted by atomic mass is 79.9. The largest absolute Gasteiger partial charge is 1.00 e. The second-order valence-electron chi connectivity index (χ2n) is 5.47. The van der Waals surface area contributed by atoms with Crippen LogP contribution in [0.25, 0.3) is 0 Å². The number of fused-ring (bicyclic) bond motifs is 3. The van der Waals surface area contributed by atoms with Crippen molar-refractivity contribution in [3.05, 3.63) is 0 Å². The van der Waals surface area contributed by atoms with Gasteiger partial charge >= 0.3 is 0 Å². The molecule has 0 spiro atoms. The summed E-state index contributed by atoms with van der Waals surface area (Å²) in [4.78, 5) is 0. The van der Waals surface area contributed by atoms with Gasteiger partial charge in [-0.3, -0.25) is 4.48 Å². The standard InChI is InChI=1S/C13H26NO.BrH/c1-3-4-5-8-14-9-6-12(7-10-14)11-13(14)15-2;/h12-13H,3-11H2,1-2H3;1H/q+1;/p-1. The Balaban J connectivity index is 0.00000128. The van der Waals surface area contributed by atoms with E-state index in [1.54, 1.807) is 0 Å². The molecule has 1 atom stereocenters. The zero-order valence-corrected chi connectivity index (χ0v) is 12.3. The van der Waals surface area contributed by atoms with Gasteiger partial charge in [0.2, 0.25) is 0 Å². The number of nitrogens with zero attached hydrogens (tertiary/aromatic N) is 1. The summed E-state index contributed by atoms with van der Waals surface area (Å²) in [6.45, 7) is 6.41. The molecule has 3 aliphatic rings. The van der Waals surface area contributed by atoms with Gasteiger partial charge in [-0.05, 0) is 18.8 Å². The first kappa shape index (κ1) is 14.5. The van der Waals surface area contributed by atoms with Gasteiger partial charge in [0.05, 0.1) is 19.6 Å². The first-order valence-corrected chi connectivity index (χ1v) is 6.69. The molecule has 3 fully saturated rings. The molecule has 3 heteroatoms. The van der Waals surface area contributed by atoms with E-state index in [2.05, 4.69) is 6.92 Å².